The summed E-state index contributed by atoms with van der Waals surface area (Å²) in [6, 6.07) is 0. The second-order valence-electron chi connectivity index (χ2n) is 5.04. The van der Waals surface area contributed by atoms with Gasteiger partial charge in [-0.15, -0.1) is 0 Å². The van der Waals surface area contributed by atoms with Gasteiger partial charge in [-0.25, -0.2) is 0 Å². The molecule has 1 amide bonds. The lowest BCUT2D eigenvalue weighted by Crippen LogP contribution is -2.42. The summed E-state index contributed by atoms with van der Waals surface area (Å²) in [5.74, 6) is -1.33. The predicted octanol–water partition coefficient (Wildman–Crippen LogP) is 1.89. The first-order chi connectivity index (χ1) is 9.49. The van der Waals surface area contributed by atoms with Crippen LogP contribution in [0.1, 0.15) is 30.5 Å². The SMILES string of the molecule is Cc1noc(Cl)c1CCC(=O)N1CCCC(C(=O)O)C1. The molecule has 1 atom stereocenters. The van der Waals surface area contributed by atoms with E-state index in [1.54, 1.807) is 11.8 Å². The standard InChI is InChI=1S/C13H17ClN2O4/c1-8-10(12(14)20-15-8)4-5-11(17)16-6-2-3-9(7-16)13(18)19/h9H,2-7H2,1H3,(H,18,19). The van der Waals surface area contributed by atoms with E-state index in [1.165, 1.54) is 0 Å². The summed E-state index contributed by atoms with van der Waals surface area (Å²) < 4.78 is 4.83. The van der Waals surface area contributed by atoms with Crippen molar-refractivity contribution in [3.63, 3.8) is 0 Å². The molecule has 1 unspecified atom stereocenters. The maximum atomic E-state index is 12.1. The fraction of sp³-hybridized carbons (Fsp3) is 0.615. The smallest absolute Gasteiger partial charge is 0.308 e. The summed E-state index contributed by atoms with van der Waals surface area (Å²) in [5.41, 5.74) is 1.43. The Bertz CT molecular complexity index is 495. The van der Waals surface area contributed by atoms with Gasteiger partial charge in [0.25, 0.3) is 0 Å². The number of hydrogen-bond donors (Lipinski definition) is 1. The minimum absolute atomic E-state index is 0.0485. The Hall–Kier alpha value is -1.56. The summed E-state index contributed by atoms with van der Waals surface area (Å²) in [7, 11) is 0. The van der Waals surface area contributed by atoms with Crippen molar-refractivity contribution in [3.8, 4) is 0 Å². The number of carboxylic acids is 1. The zero-order valence-electron chi connectivity index (χ0n) is 11.3. The highest BCUT2D eigenvalue weighted by atomic mass is 35.5. The number of carboxylic acid groups (broad SMARTS) is 1. The molecule has 0 radical (unpaired) electrons. The normalized spacial score (nSPS) is 19.1. The third kappa shape index (κ3) is 3.30. The largest absolute Gasteiger partial charge is 0.481 e. The molecule has 0 bridgehead atoms. The first-order valence-corrected chi connectivity index (χ1v) is 6.98. The lowest BCUT2D eigenvalue weighted by Gasteiger charge is -2.30. The van der Waals surface area contributed by atoms with Crippen LogP contribution < -0.4 is 0 Å². The lowest BCUT2D eigenvalue weighted by molar-refractivity contribution is -0.145. The third-order valence-corrected chi connectivity index (χ3v) is 3.95. The van der Waals surface area contributed by atoms with Crippen LogP contribution in [0.4, 0.5) is 0 Å². The molecule has 6 nitrogen and oxygen atoms in total. The van der Waals surface area contributed by atoms with Crippen molar-refractivity contribution in [1.82, 2.24) is 10.1 Å². The van der Waals surface area contributed by atoms with E-state index in [4.69, 9.17) is 21.2 Å². The number of aromatic nitrogens is 1. The Morgan fingerprint density at radius 1 is 1.55 bits per heavy atom. The van der Waals surface area contributed by atoms with E-state index in [2.05, 4.69) is 5.16 Å². The van der Waals surface area contributed by atoms with Crippen LogP contribution in [0.2, 0.25) is 5.22 Å². The van der Waals surface area contributed by atoms with Crippen LogP contribution in [0.5, 0.6) is 0 Å². The first-order valence-electron chi connectivity index (χ1n) is 6.60. The molecule has 0 aliphatic carbocycles. The summed E-state index contributed by atoms with van der Waals surface area (Å²) in [5, 5.41) is 13.0. The topological polar surface area (TPSA) is 83.6 Å². The zero-order valence-corrected chi connectivity index (χ0v) is 12.0. The molecule has 2 rings (SSSR count). The van der Waals surface area contributed by atoms with Crippen molar-refractivity contribution in [1.29, 1.82) is 0 Å². The monoisotopic (exact) mass is 300 g/mol. The predicted molar refractivity (Wildman–Crippen MR) is 71.5 cm³/mol. The molecule has 7 heteroatoms. The molecule has 110 valence electrons. The number of rotatable bonds is 4. The Morgan fingerprint density at radius 2 is 2.30 bits per heavy atom. The van der Waals surface area contributed by atoms with Crippen molar-refractivity contribution in [2.45, 2.75) is 32.6 Å². The maximum Gasteiger partial charge on any atom is 0.308 e. The van der Waals surface area contributed by atoms with E-state index >= 15 is 0 Å². The molecule has 0 saturated carbocycles. The van der Waals surface area contributed by atoms with Crippen molar-refractivity contribution < 1.29 is 19.2 Å². The summed E-state index contributed by atoms with van der Waals surface area (Å²) >= 11 is 5.85. The molecule has 1 saturated heterocycles. The summed E-state index contributed by atoms with van der Waals surface area (Å²) in [4.78, 5) is 24.7. The second kappa shape index (κ2) is 6.26. The molecule has 1 aliphatic heterocycles. The van der Waals surface area contributed by atoms with E-state index in [0.29, 0.717) is 31.6 Å². The average molecular weight is 301 g/mol. The fourth-order valence-corrected chi connectivity index (χ4v) is 2.70. The van der Waals surface area contributed by atoms with Gasteiger partial charge in [-0.2, -0.15) is 0 Å². The Balaban J connectivity index is 1.90. The molecule has 1 N–H and O–H groups in total. The molecule has 1 aromatic heterocycles. The number of halogens is 1. The zero-order chi connectivity index (χ0) is 14.7. The number of carbonyl (C=O) groups excluding carboxylic acids is 1. The number of likely N-dealkylation sites (tertiary alicyclic amines) is 1. The van der Waals surface area contributed by atoms with Crippen LogP contribution >= 0.6 is 11.6 Å². The number of nitrogens with zero attached hydrogens (tertiary/aromatic N) is 2. The van der Waals surface area contributed by atoms with Gasteiger partial charge in [0, 0.05) is 25.1 Å². The number of aryl methyl sites for hydroxylation is 1. The maximum absolute atomic E-state index is 12.1. The van der Waals surface area contributed by atoms with Gasteiger partial charge in [0.1, 0.15) is 0 Å². The minimum Gasteiger partial charge on any atom is -0.481 e. The molecule has 20 heavy (non-hydrogen) atoms. The van der Waals surface area contributed by atoms with Crippen LogP contribution in [0.3, 0.4) is 0 Å². The van der Waals surface area contributed by atoms with Crippen LogP contribution in [0, 0.1) is 12.8 Å². The quantitative estimate of drug-likeness (QED) is 0.918. The van der Waals surface area contributed by atoms with Crippen LogP contribution in [0.25, 0.3) is 0 Å². The van der Waals surface area contributed by atoms with Gasteiger partial charge >= 0.3 is 5.97 Å². The lowest BCUT2D eigenvalue weighted by atomic mass is 9.98. The van der Waals surface area contributed by atoms with Gasteiger partial charge in [0.2, 0.25) is 11.1 Å². The van der Waals surface area contributed by atoms with E-state index in [9.17, 15) is 9.59 Å². The number of aliphatic carboxylic acids is 1. The summed E-state index contributed by atoms with van der Waals surface area (Å²) in [6.45, 7) is 2.69. The molecular formula is C13H17ClN2O4. The first kappa shape index (κ1) is 14.8. The van der Waals surface area contributed by atoms with Crippen LogP contribution in [0.15, 0.2) is 4.52 Å². The fourth-order valence-electron chi connectivity index (χ4n) is 2.44. The number of hydrogen-bond acceptors (Lipinski definition) is 4. The molecular weight excluding hydrogens is 284 g/mol. The van der Waals surface area contributed by atoms with Gasteiger partial charge < -0.3 is 14.5 Å². The van der Waals surface area contributed by atoms with Crippen LogP contribution in [-0.2, 0) is 16.0 Å². The van der Waals surface area contributed by atoms with E-state index in [-0.39, 0.29) is 17.5 Å². The highest BCUT2D eigenvalue weighted by Crippen LogP contribution is 2.22. The number of amides is 1. The molecule has 1 fully saturated rings. The van der Waals surface area contributed by atoms with Crippen molar-refractivity contribution in [2.24, 2.45) is 5.92 Å². The van der Waals surface area contributed by atoms with Crippen LogP contribution in [-0.4, -0.2) is 40.1 Å². The van der Waals surface area contributed by atoms with Crippen molar-refractivity contribution >= 4 is 23.5 Å². The Labute approximate surface area is 121 Å². The van der Waals surface area contributed by atoms with Gasteiger partial charge in [-0.1, -0.05) is 5.16 Å². The minimum atomic E-state index is -0.833. The van der Waals surface area contributed by atoms with Gasteiger partial charge in [0.05, 0.1) is 11.6 Å². The Morgan fingerprint density at radius 3 is 2.90 bits per heavy atom. The van der Waals surface area contributed by atoms with E-state index in [0.717, 1.165) is 12.0 Å². The molecule has 2 heterocycles. The highest BCUT2D eigenvalue weighted by molar-refractivity contribution is 6.29. The third-order valence-electron chi connectivity index (χ3n) is 3.65. The van der Waals surface area contributed by atoms with Gasteiger partial charge in [0.15, 0.2) is 0 Å². The second-order valence-corrected chi connectivity index (χ2v) is 5.38. The highest BCUT2D eigenvalue weighted by Gasteiger charge is 2.28. The van der Waals surface area contributed by atoms with Gasteiger partial charge in [-0.05, 0) is 37.8 Å². The van der Waals surface area contributed by atoms with Crippen molar-refractivity contribution in [3.05, 3.63) is 16.5 Å². The number of carbonyl (C=O) groups is 2. The molecule has 0 aromatic carbocycles. The van der Waals surface area contributed by atoms with E-state index in [1.807, 2.05) is 0 Å². The molecule has 0 spiro atoms. The van der Waals surface area contributed by atoms with Gasteiger partial charge in [-0.3, -0.25) is 9.59 Å². The summed E-state index contributed by atoms with van der Waals surface area (Å²) in [6.07, 6.45) is 2.11. The number of piperidine rings is 1. The Kier molecular flexibility index (Phi) is 4.65. The molecule has 1 aliphatic rings. The average Bonchev–Trinajstić information content (AvgIpc) is 2.75. The molecule has 1 aromatic rings. The van der Waals surface area contributed by atoms with E-state index < -0.39 is 11.9 Å². The van der Waals surface area contributed by atoms with Crippen molar-refractivity contribution in [2.75, 3.05) is 13.1 Å².